The summed E-state index contributed by atoms with van der Waals surface area (Å²) in [6.07, 6.45) is 0. The molecule has 0 spiro atoms. The van der Waals surface area contributed by atoms with E-state index in [4.69, 9.17) is 0 Å². The zero-order valence-electron chi connectivity index (χ0n) is 14.5. The second-order valence-electron chi connectivity index (χ2n) is 7.67. The van der Waals surface area contributed by atoms with E-state index in [0.717, 1.165) is 17.2 Å². The van der Waals surface area contributed by atoms with Gasteiger partial charge in [0.05, 0.1) is 17.8 Å². The van der Waals surface area contributed by atoms with Crippen molar-refractivity contribution in [3.63, 3.8) is 0 Å². The van der Waals surface area contributed by atoms with Gasteiger partial charge < -0.3 is 0 Å². The Morgan fingerprint density at radius 3 is 1.62 bits per heavy atom. The molecule has 0 unspecified atom stereocenters. The van der Waals surface area contributed by atoms with Crippen molar-refractivity contribution in [1.82, 2.24) is 4.31 Å². The van der Waals surface area contributed by atoms with E-state index in [2.05, 4.69) is 19.6 Å². The fourth-order valence-electron chi connectivity index (χ4n) is 3.06. The summed E-state index contributed by atoms with van der Waals surface area (Å²) in [6, 6.07) is 20.6. The standard InChI is InChI=1S/C19H25NO2SSi/c1-24(2,3)15-14-23(21,22)20-18(16-10-6-4-7-11-16)19(20)17-12-8-5-9-13-17/h4-13,18-19H,14-15H2,1-3H3/t18-,19-/m1/s1. The van der Waals surface area contributed by atoms with E-state index in [0.29, 0.717) is 0 Å². The third-order valence-electron chi connectivity index (χ3n) is 4.47. The predicted octanol–water partition coefficient (Wildman–Crippen LogP) is 4.45. The first-order chi connectivity index (χ1) is 11.3. The highest BCUT2D eigenvalue weighted by atomic mass is 32.2. The monoisotopic (exact) mass is 359 g/mol. The molecule has 3 nitrogen and oxygen atoms in total. The molecule has 0 N–H and O–H groups in total. The summed E-state index contributed by atoms with van der Waals surface area (Å²) < 4.78 is 27.6. The van der Waals surface area contributed by atoms with Crippen molar-refractivity contribution < 1.29 is 8.42 Å². The molecule has 0 aliphatic carbocycles. The molecule has 1 saturated heterocycles. The maximum atomic E-state index is 13.0. The van der Waals surface area contributed by atoms with Crippen LogP contribution >= 0.6 is 0 Å². The van der Waals surface area contributed by atoms with Gasteiger partial charge in [0.15, 0.2) is 0 Å². The number of benzene rings is 2. The molecule has 1 heterocycles. The molecule has 2 aromatic rings. The minimum Gasteiger partial charge on any atom is -0.212 e. The van der Waals surface area contributed by atoms with E-state index < -0.39 is 18.1 Å². The highest BCUT2D eigenvalue weighted by Crippen LogP contribution is 2.56. The van der Waals surface area contributed by atoms with E-state index >= 15 is 0 Å². The van der Waals surface area contributed by atoms with Crippen LogP contribution in [0.1, 0.15) is 23.2 Å². The lowest BCUT2D eigenvalue weighted by molar-refractivity contribution is 0.548. The topological polar surface area (TPSA) is 37.1 Å². The Morgan fingerprint density at radius 2 is 1.25 bits per heavy atom. The van der Waals surface area contributed by atoms with Gasteiger partial charge in [-0.25, -0.2) is 8.42 Å². The van der Waals surface area contributed by atoms with Gasteiger partial charge in [-0.1, -0.05) is 80.3 Å². The number of sulfonamides is 1. The molecule has 0 aromatic heterocycles. The molecule has 3 rings (SSSR count). The molecule has 0 amide bonds. The van der Waals surface area contributed by atoms with Crippen molar-refractivity contribution >= 4 is 18.1 Å². The van der Waals surface area contributed by atoms with Crippen molar-refractivity contribution in [3.05, 3.63) is 71.8 Å². The number of nitrogens with zero attached hydrogens (tertiary/aromatic N) is 1. The lowest BCUT2D eigenvalue weighted by Crippen LogP contribution is -2.27. The first-order valence-corrected chi connectivity index (χ1v) is 13.7. The van der Waals surface area contributed by atoms with Crippen LogP contribution in [0.15, 0.2) is 60.7 Å². The minimum absolute atomic E-state index is 0.0692. The molecule has 24 heavy (non-hydrogen) atoms. The highest BCUT2D eigenvalue weighted by molar-refractivity contribution is 7.89. The molecular weight excluding hydrogens is 334 g/mol. The van der Waals surface area contributed by atoms with E-state index in [-0.39, 0.29) is 17.8 Å². The summed E-state index contributed by atoms with van der Waals surface area (Å²) in [5, 5.41) is 0. The van der Waals surface area contributed by atoms with Gasteiger partial charge in [0.2, 0.25) is 10.0 Å². The van der Waals surface area contributed by atoms with Crippen molar-refractivity contribution in [2.75, 3.05) is 5.75 Å². The molecule has 1 fully saturated rings. The fraction of sp³-hybridized carbons (Fsp3) is 0.368. The van der Waals surface area contributed by atoms with E-state index in [9.17, 15) is 8.42 Å². The van der Waals surface area contributed by atoms with Gasteiger partial charge in [-0.2, -0.15) is 4.31 Å². The molecule has 1 aliphatic rings. The second-order valence-corrected chi connectivity index (χ2v) is 15.3. The van der Waals surface area contributed by atoms with Crippen molar-refractivity contribution in [3.8, 4) is 0 Å². The summed E-state index contributed by atoms with van der Waals surface area (Å²) in [5.41, 5.74) is 2.14. The third-order valence-corrected chi connectivity index (χ3v) is 8.40. The Bertz CT molecular complexity index is 740. The number of hydrogen-bond donors (Lipinski definition) is 0. The maximum Gasteiger partial charge on any atom is 0.215 e. The van der Waals surface area contributed by atoms with E-state index in [1.54, 1.807) is 4.31 Å². The third kappa shape index (κ3) is 3.79. The average molecular weight is 360 g/mol. The van der Waals surface area contributed by atoms with Gasteiger partial charge in [0.25, 0.3) is 0 Å². The van der Waals surface area contributed by atoms with Crippen LogP contribution in [0.5, 0.6) is 0 Å². The van der Waals surface area contributed by atoms with Crippen LogP contribution in [-0.2, 0) is 10.0 Å². The van der Waals surface area contributed by atoms with Gasteiger partial charge in [0.1, 0.15) is 0 Å². The van der Waals surface area contributed by atoms with Crippen LogP contribution in [-0.4, -0.2) is 26.5 Å². The summed E-state index contributed by atoms with van der Waals surface area (Å²) >= 11 is 0. The van der Waals surface area contributed by atoms with Crippen molar-refractivity contribution in [1.29, 1.82) is 0 Å². The SMILES string of the molecule is C[Si](C)(C)CCS(=O)(=O)N1[C@H](c2ccccc2)[C@H]1c1ccccc1. The molecular formula is C19H25NO2SSi. The first kappa shape index (κ1) is 17.4. The Kier molecular flexibility index (Phi) is 4.68. The smallest absolute Gasteiger partial charge is 0.212 e. The van der Waals surface area contributed by atoms with Gasteiger partial charge >= 0.3 is 0 Å². The zero-order valence-corrected chi connectivity index (χ0v) is 16.3. The number of hydrogen-bond acceptors (Lipinski definition) is 2. The molecule has 0 radical (unpaired) electrons. The van der Waals surface area contributed by atoms with Crippen molar-refractivity contribution in [2.24, 2.45) is 0 Å². The van der Waals surface area contributed by atoms with Crippen LogP contribution < -0.4 is 0 Å². The number of rotatable bonds is 6. The lowest BCUT2D eigenvalue weighted by atomic mass is 10.0. The van der Waals surface area contributed by atoms with Crippen LogP contribution in [0.25, 0.3) is 0 Å². The largest absolute Gasteiger partial charge is 0.215 e. The summed E-state index contributed by atoms with van der Waals surface area (Å²) in [4.78, 5) is 0. The minimum atomic E-state index is -3.25. The zero-order chi connectivity index (χ0) is 17.4. The normalized spacial score (nSPS) is 23.9. The fourth-order valence-corrected chi connectivity index (χ4v) is 7.86. The van der Waals surface area contributed by atoms with Crippen LogP contribution in [0.4, 0.5) is 0 Å². The van der Waals surface area contributed by atoms with Gasteiger partial charge in [0, 0.05) is 8.07 Å². The van der Waals surface area contributed by atoms with E-state index in [1.165, 1.54) is 0 Å². The molecule has 0 bridgehead atoms. The maximum absolute atomic E-state index is 13.0. The highest BCUT2D eigenvalue weighted by Gasteiger charge is 2.56. The second kappa shape index (κ2) is 6.46. The molecule has 2 atom stereocenters. The van der Waals surface area contributed by atoms with Gasteiger partial charge in [-0.05, 0) is 17.2 Å². The van der Waals surface area contributed by atoms with E-state index in [1.807, 2.05) is 60.7 Å². The molecule has 0 saturated carbocycles. The van der Waals surface area contributed by atoms with Crippen LogP contribution in [0.3, 0.4) is 0 Å². The first-order valence-electron chi connectivity index (χ1n) is 8.41. The van der Waals surface area contributed by atoms with Crippen molar-refractivity contribution in [2.45, 2.75) is 37.8 Å². The quantitative estimate of drug-likeness (QED) is 0.564. The Balaban J connectivity index is 1.89. The molecule has 2 aromatic carbocycles. The van der Waals surface area contributed by atoms with Gasteiger partial charge in [-0.3, -0.25) is 0 Å². The van der Waals surface area contributed by atoms with Crippen LogP contribution in [0, 0.1) is 0 Å². The predicted molar refractivity (Wildman–Crippen MR) is 102 cm³/mol. The average Bonchev–Trinajstić information content (AvgIpc) is 3.31. The van der Waals surface area contributed by atoms with Gasteiger partial charge in [-0.15, -0.1) is 0 Å². The summed E-state index contributed by atoms with van der Waals surface area (Å²) in [7, 11) is -4.64. The summed E-state index contributed by atoms with van der Waals surface area (Å²) in [6.45, 7) is 6.65. The molecule has 5 heteroatoms. The lowest BCUT2D eigenvalue weighted by Gasteiger charge is -2.16. The Labute approximate surface area is 146 Å². The van der Waals surface area contributed by atoms with Crippen LogP contribution in [0.2, 0.25) is 25.7 Å². The molecule has 128 valence electrons. The summed E-state index contributed by atoms with van der Waals surface area (Å²) in [5.74, 6) is 0.259. The molecule has 1 aliphatic heterocycles. The Morgan fingerprint density at radius 1 is 0.833 bits per heavy atom. The Hall–Kier alpha value is -1.43.